The number of ether oxygens (including phenoxy) is 6. The number of rotatable bonds is 21. The Balaban J connectivity index is 0.960. The van der Waals surface area contributed by atoms with Gasteiger partial charge in [-0.15, -0.1) is 0 Å². The fourth-order valence-electron chi connectivity index (χ4n) is 10.5. The van der Waals surface area contributed by atoms with Gasteiger partial charge in [0, 0.05) is 5.41 Å². The van der Waals surface area contributed by atoms with Crippen LogP contribution in [0.25, 0.3) is 0 Å². The first-order valence-corrected chi connectivity index (χ1v) is 28.6. The van der Waals surface area contributed by atoms with Crippen molar-refractivity contribution in [3.05, 3.63) is 179 Å². The summed E-state index contributed by atoms with van der Waals surface area (Å²) in [5.41, 5.74) is 2.39. The van der Waals surface area contributed by atoms with Gasteiger partial charge in [-0.1, -0.05) is 161 Å². The molecule has 7 rings (SSSR count). The van der Waals surface area contributed by atoms with Crippen molar-refractivity contribution in [2.45, 2.75) is 194 Å². The summed E-state index contributed by atoms with van der Waals surface area (Å²) < 4.78 is 37.3. The highest BCUT2D eigenvalue weighted by atomic mass is 16.6. The largest absolute Gasteiger partial charge is 0.486 e. The second kappa shape index (κ2) is 24.2. The number of esters is 3. The van der Waals surface area contributed by atoms with Crippen LogP contribution in [0.2, 0.25) is 0 Å². The molecular formula is C70H86O9. The molecule has 0 heterocycles. The lowest BCUT2D eigenvalue weighted by molar-refractivity contribution is -0.160. The molecule has 4 unspecified atom stereocenters. The van der Waals surface area contributed by atoms with Crippen molar-refractivity contribution in [2.24, 2.45) is 5.41 Å². The molecule has 9 heteroatoms. The Morgan fingerprint density at radius 3 is 1.08 bits per heavy atom. The zero-order valence-corrected chi connectivity index (χ0v) is 49.6. The molecule has 4 atom stereocenters. The van der Waals surface area contributed by atoms with Crippen molar-refractivity contribution >= 4 is 17.9 Å². The molecule has 0 N–H and O–H groups in total. The molecule has 420 valence electrons. The Morgan fingerprint density at radius 1 is 0.380 bits per heavy atom. The van der Waals surface area contributed by atoms with Crippen LogP contribution >= 0.6 is 0 Å². The molecule has 1 aliphatic rings. The molecule has 0 bridgehead atoms. The average molecular weight is 1070 g/mol. The topological polar surface area (TPSA) is 107 Å². The van der Waals surface area contributed by atoms with Crippen LogP contribution < -0.4 is 28.4 Å². The van der Waals surface area contributed by atoms with Gasteiger partial charge in [-0.25, -0.2) is 9.59 Å². The standard InChI is InChI=1S/C70H86O9/c1-15-66(11,69(14,18-4)79-60-36-24-50(25-37-60)48-49-22-34-55(35-23-49)75-62(72)67(12,16-2)77-58-42-28-52(29-43-58)65(8,9)10)61(71)74-56-40-30-53(31-41-56)70(46-20-19-21-47-70)54-32-44-59(45-33-54)78-68(13,17-3)63(73)76-57-38-26-51(27-39-57)64(5,6)7/h22-45H,15-21,46-48H2,1-14H3. The van der Waals surface area contributed by atoms with Crippen molar-refractivity contribution in [3.8, 4) is 34.5 Å². The Labute approximate surface area is 471 Å². The SMILES string of the molecule is CCC(C)(Oc1ccc(C(C)(C)C)cc1)C(=O)Oc1ccc(Cc2ccc(OC(C)(CC)C(C)(CC)C(=O)Oc3ccc(C4(c5ccc(OC(C)(CC)C(=O)Oc6ccc(C(C)(C)C)cc6)cc5)CCCCC4)cc3)cc2)cc1. The molecule has 0 saturated heterocycles. The molecule has 0 radical (unpaired) electrons. The highest BCUT2D eigenvalue weighted by Gasteiger charge is 2.52. The second-order valence-electron chi connectivity index (χ2n) is 24.6. The van der Waals surface area contributed by atoms with Crippen LogP contribution in [-0.4, -0.2) is 34.7 Å². The Kier molecular flexibility index (Phi) is 18.3. The third-order valence-corrected chi connectivity index (χ3v) is 17.1. The van der Waals surface area contributed by atoms with E-state index in [1.807, 2.05) is 163 Å². The van der Waals surface area contributed by atoms with E-state index in [0.29, 0.717) is 66.6 Å². The number of benzene rings is 6. The van der Waals surface area contributed by atoms with E-state index in [2.05, 4.69) is 65.8 Å². The van der Waals surface area contributed by atoms with E-state index >= 15 is 0 Å². The smallest absolute Gasteiger partial charge is 0.355 e. The third kappa shape index (κ3) is 13.8. The van der Waals surface area contributed by atoms with Gasteiger partial charge in [0.1, 0.15) is 45.5 Å². The number of carbonyl (C=O) groups is 3. The lowest BCUT2D eigenvalue weighted by Gasteiger charge is -2.43. The summed E-state index contributed by atoms with van der Waals surface area (Å²) in [7, 11) is 0. The molecule has 1 saturated carbocycles. The summed E-state index contributed by atoms with van der Waals surface area (Å²) >= 11 is 0. The molecule has 0 aromatic heterocycles. The minimum absolute atomic E-state index is 0.00654. The molecule has 9 nitrogen and oxygen atoms in total. The predicted octanol–water partition coefficient (Wildman–Crippen LogP) is 17.0. The Morgan fingerprint density at radius 2 is 0.709 bits per heavy atom. The Bertz CT molecular complexity index is 2980. The van der Waals surface area contributed by atoms with Gasteiger partial charge in [-0.3, -0.25) is 4.79 Å². The van der Waals surface area contributed by atoms with Gasteiger partial charge in [0.2, 0.25) is 11.2 Å². The van der Waals surface area contributed by atoms with Crippen molar-refractivity contribution in [3.63, 3.8) is 0 Å². The van der Waals surface area contributed by atoms with Crippen molar-refractivity contribution in [1.29, 1.82) is 0 Å². The van der Waals surface area contributed by atoms with Crippen LogP contribution in [0, 0.1) is 5.41 Å². The van der Waals surface area contributed by atoms with Crippen LogP contribution in [0.5, 0.6) is 34.5 Å². The van der Waals surface area contributed by atoms with Gasteiger partial charge >= 0.3 is 17.9 Å². The summed E-state index contributed by atoms with van der Waals surface area (Å²) in [6.07, 6.45) is 7.93. The molecule has 6 aromatic rings. The highest BCUT2D eigenvalue weighted by molar-refractivity contribution is 5.83. The van der Waals surface area contributed by atoms with E-state index in [-0.39, 0.29) is 22.2 Å². The Hall–Kier alpha value is -6.87. The third-order valence-electron chi connectivity index (χ3n) is 17.1. The molecular weight excluding hydrogens is 985 g/mol. The number of hydrogen-bond donors (Lipinski definition) is 0. The first-order valence-electron chi connectivity index (χ1n) is 28.6. The number of carbonyl (C=O) groups excluding carboxylic acids is 3. The van der Waals surface area contributed by atoms with Crippen molar-refractivity contribution in [1.82, 2.24) is 0 Å². The lowest BCUT2D eigenvalue weighted by Crippen LogP contribution is -2.54. The first-order chi connectivity index (χ1) is 37.3. The number of hydrogen-bond acceptors (Lipinski definition) is 9. The highest BCUT2D eigenvalue weighted by Crippen LogP contribution is 2.47. The maximum atomic E-state index is 14.4. The minimum atomic E-state index is -1.18. The van der Waals surface area contributed by atoms with Crippen LogP contribution in [0.15, 0.2) is 146 Å². The quantitative estimate of drug-likeness (QED) is 0.0514. The fourth-order valence-corrected chi connectivity index (χ4v) is 10.5. The van der Waals surface area contributed by atoms with Crippen molar-refractivity contribution < 1.29 is 42.8 Å². The maximum absolute atomic E-state index is 14.4. The summed E-state index contributed by atoms with van der Waals surface area (Å²) in [6.45, 7) is 28.3. The van der Waals surface area contributed by atoms with E-state index in [1.54, 1.807) is 13.8 Å². The summed E-state index contributed by atoms with van der Waals surface area (Å²) in [4.78, 5) is 41.4. The monoisotopic (exact) mass is 1070 g/mol. The zero-order valence-electron chi connectivity index (χ0n) is 49.6. The molecule has 6 aromatic carbocycles. The zero-order chi connectivity index (χ0) is 57.4. The lowest BCUT2D eigenvalue weighted by atomic mass is 9.65. The van der Waals surface area contributed by atoms with Gasteiger partial charge in [0.25, 0.3) is 0 Å². The molecule has 1 aliphatic carbocycles. The normalized spacial score (nSPS) is 16.6. The van der Waals surface area contributed by atoms with Crippen LogP contribution in [0.1, 0.15) is 188 Å². The van der Waals surface area contributed by atoms with Gasteiger partial charge in [0.15, 0.2) is 0 Å². The maximum Gasteiger partial charge on any atom is 0.355 e. The first kappa shape index (κ1) is 59.8. The van der Waals surface area contributed by atoms with Gasteiger partial charge in [-0.05, 0) is 190 Å². The van der Waals surface area contributed by atoms with E-state index in [9.17, 15) is 14.4 Å². The van der Waals surface area contributed by atoms with E-state index in [1.165, 1.54) is 23.1 Å². The van der Waals surface area contributed by atoms with Crippen LogP contribution in [-0.2, 0) is 37.0 Å². The molecule has 1 fully saturated rings. The fraction of sp³-hybridized carbons (Fsp3) is 0.443. The second-order valence-corrected chi connectivity index (χ2v) is 24.6. The van der Waals surface area contributed by atoms with Gasteiger partial charge in [-0.2, -0.15) is 0 Å². The molecule has 0 amide bonds. The van der Waals surface area contributed by atoms with E-state index < -0.39 is 34.2 Å². The summed E-state index contributed by atoms with van der Waals surface area (Å²) in [6, 6.07) is 47.3. The van der Waals surface area contributed by atoms with Crippen molar-refractivity contribution in [2.75, 3.05) is 0 Å². The molecule has 0 spiro atoms. The molecule has 79 heavy (non-hydrogen) atoms. The van der Waals surface area contributed by atoms with Gasteiger partial charge < -0.3 is 28.4 Å². The van der Waals surface area contributed by atoms with E-state index in [4.69, 9.17) is 28.4 Å². The average Bonchev–Trinajstić information content (AvgIpc) is 3.51. The molecule has 0 aliphatic heterocycles. The predicted molar refractivity (Wildman–Crippen MR) is 316 cm³/mol. The summed E-state index contributed by atoms with van der Waals surface area (Å²) in [5, 5.41) is 0. The van der Waals surface area contributed by atoms with Gasteiger partial charge in [0.05, 0.1) is 0 Å². The summed E-state index contributed by atoms with van der Waals surface area (Å²) in [5.74, 6) is 2.07. The van der Waals surface area contributed by atoms with E-state index in [0.717, 1.165) is 42.4 Å². The van der Waals surface area contributed by atoms with Crippen LogP contribution in [0.4, 0.5) is 0 Å². The minimum Gasteiger partial charge on any atom is -0.486 e. The van der Waals surface area contributed by atoms with Crippen LogP contribution in [0.3, 0.4) is 0 Å².